The van der Waals surface area contributed by atoms with Crippen molar-refractivity contribution in [3.8, 4) is 11.4 Å². The molecule has 132 valence electrons. The first-order valence-corrected chi connectivity index (χ1v) is 7.88. The summed E-state index contributed by atoms with van der Waals surface area (Å²) in [6, 6.07) is 4.92. The molecule has 0 bridgehead atoms. The maximum atomic E-state index is 12.7. The van der Waals surface area contributed by atoms with Crippen molar-refractivity contribution in [1.82, 2.24) is 14.5 Å². The molecule has 0 N–H and O–H groups in total. The van der Waals surface area contributed by atoms with Gasteiger partial charge >= 0.3 is 5.97 Å². The fraction of sp³-hybridized carbons (Fsp3) is 0.353. The summed E-state index contributed by atoms with van der Waals surface area (Å²) in [5.74, 6) is -0.338. The number of carbonyl (C=O) groups is 2. The zero-order valence-electron chi connectivity index (χ0n) is 14.0. The second kappa shape index (κ2) is 6.92. The highest BCUT2D eigenvalue weighted by Crippen LogP contribution is 2.28. The van der Waals surface area contributed by atoms with Crippen LogP contribution in [0, 0.1) is 0 Å². The molecule has 8 heteroatoms. The Labute approximate surface area is 144 Å². The number of ether oxygens (including phenoxy) is 2. The monoisotopic (exact) mass is 347 g/mol. The summed E-state index contributed by atoms with van der Waals surface area (Å²) in [7, 11) is 1.64. The van der Waals surface area contributed by atoms with Gasteiger partial charge in [-0.25, -0.2) is 14.2 Å². The van der Waals surface area contributed by atoms with Gasteiger partial charge in [0.1, 0.15) is 25.4 Å². The van der Waals surface area contributed by atoms with E-state index in [4.69, 9.17) is 9.47 Å². The van der Waals surface area contributed by atoms with Gasteiger partial charge in [-0.15, -0.1) is 0 Å². The molecule has 0 radical (unpaired) electrons. The lowest BCUT2D eigenvalue weighted by atomic mass is 10.1. The molecule has 1 aliphatic heterocycles. The highest BCUT2D eigenvalue weighted by molar-refractivity contribution is 5.99. The van der Waals surface area contributed by atoms with Gasteiger partial charge in [-0.1, -0.05) is 0 Å². The van der Waals surface area contributed by atoms with Crippen LogP contribution in [-0.4, -0.2) is 53.3 Å². The summed E-state index contributed by atoms with van der Waals surface area (Å²) in [5.41, 5.74) is 1.74. The van der Waals surface area contributed by atoms with Crippen LogP contribution < -0.4 is 4.74 Å². The third kappa shape index (κ3) is 3.07. The molecule has 0 aliphatic carbocycles. The molecule has 3 rings (SSSR count). The molecule has 2 heterocycles. The molecule has 1 amide bonds. The Balaban J connectivity index is 2.09. The number of amides is 1. The Morgan fingerprint density at radius 2 is 2.20 bits per heavy atom. The van der Waals surface area contributed by atoms with Crippen LogP contribution in [0.3, 0.4) is 0 Å². The van der Waals surface area contributed by atoms with Crippen LogP contribution in [-0.2, 0) is 11.3 Å². The summed E-state index contributed by atoms with van der Waals surface area (Å²) in [6.45, 7) is 1.48. The van der Waals surface area contributed by atoms with Crippen LogP contribution in [0.4, 0.5) is 4.39 Å². The van der Waals surface area contributed by atoms with Crippen molar-refractivity contribution in [3.63, 3.8) is 0 Å². The molecule has 0 saturated heterocycles. The number of carbonyl (C=O) groups excluding carboxylic acids is 2. The van der Waals surface area contributed by atoms with Crippen LogP contribution in [0.2, 0.25) is 0 Å². The number of benzene rings is 1. The normalized spacial score (nSPS) is 13.1. The smallest absolute Gasteiger partial charge is 0.358 e. The lowest BCUT2D eigenvalue weighted by molar-refractivity contribution is 0.0516. The Bertz CT molecular complexity index is 818. The molecule has 0 spiro atoms. The molecule has 25 heavy (non-hydrogen) atoms. The van der Waals surface area contributed by atoms with Gasteiger partial charge in [0.2, 0.25) is 0 Å². The van der Waals surface area contributed by atoms with Gasteiger partial charge in [-0.3, -0.25) is 9.36 Å². The lowest BCUT2D eigenvalue weighted by Crippen LogP contribution is -2.26. The van der Waals surface area contributed by atoms with E-state index in [9.17, 15) is 14.0 Å². The molecular formula is C17H18FN3O4. The van der Waals surface area contributed by atoms with Crippen molar-refractivity contribution < 1.29 is 23.5 Å². The third-order valence-corrected chi connectivity index (χ3v) is 3.87. The highest BCUT2D eigenvalue weighted by Gasteiger charge is 2.29. The number of rotatable bonds is 5. The molecule has 1 aromatic carbocycles. The van der Waals surface area contributed by atoms with Crippen molar-refractivity contribution >= 4 is 11.9 Å². The van der Waals surface area contributed by atoms with E-state index in [-0.39, 0.29) is 31.4 Å². The first-order valence-electron chi connectivity index (χ1n) is 7.88. The van der Waals surface area contributed by atoms with Crippen molar-refractivity contribution in [2.24, 2.45) is 0 Å². The van der Waals surface area contributed by atoms with Crippen LogP contribution in [0.15, 0.2) is 24.5 Å². The molecule has 2 aromatic rings. The number of alkyl halides is 1. The zero-order chi connectivity index (χ0) is 18.0. The van der Waals surface area contributed by atoms with Gasteiger partial charge in [-0.05, 0) is 25.1 Å². The number of aromatic nitrogens is 2. The molecule has 0 atom stereocenters. The summed E-state index contributed by atoms with van der Waals surface area (Å²) in [6.07, 6.45) is 1.49. The molecule has 1 aromatic heterocycles. The molecule has 1 aliphatic rings. The second-order valence-corrected chi connectivity index (χ2v) is 5.51. The standard InChI is InChI=1S/C17H18FN3O4/c1-3-24-17(23)15-14-9-20(2)16(22)12-8-11(25-7-6-18)4-5-13(12)21(14)10-19-15/h4-5,8,10H,3,6-7,9H2,1-2H3. The third-order valence-electron chi connectivity index (χ3n) is 3.87. The highest BCUT2D eigenvalue weighted by atomic mass is 19.1. The maximum absolute atomic E-state index is 12.7. The lowest BCUT2D eigenvalue weighted by Gasteiger charge is -2.15. The maximum Gasteiger partial charge on any atom is 0.358 e. The zero-order valence-corrected chi connectivity index (χ0v) is 14.0. The van der Waals surface area contributed by atoms with Gasteiger partial charge < -0.3 is 14.4 Å². The van der Waals surface area contributed by atoms with Crippen molar-refractivity contribution in [3.05, 3.63) is 41.5 Å². The van der Waals surface area contributed by atoms with E-state index in [1.54, 1.807) is 36.7 Å². The Morgan fingerprint density at radius 1 is 1.40 bits per heavy atom. The van der Waals surface area contributed by atoms with Crippen LogP contribution in [0.1, 0.15) is 33.5 Å². The van der Waals surface area contributed by atoms with Crippen LogP contribution in [0.5, 0.6) is 5.75 Å². The average Bonchev–Trinajstić information content (AvgIpc) is 2.98. The molecule has 7 nitrogen and oxygen atoms in total. The Kier molecular flexibility index (Phi) is 4.69. The summed E-state index contributed by atoms with van der Waals surface area (Å²) in [4.78, 5) is 30.4. The van der Waals surface area contributed by atoms with E-state index in [1.165, 1.54) is 11.2 Å². The first-order chi connectivity index (χ1) is 12.1. The van der Waals surface area contributed by atoms with Gasteiger partial charge in [0.25, 0.3) is 5.91 Å². The van der Waals surface area contributed by atoms with E-state index in [1.807, 2.05) is 0 Å². The van der Waals surface area contributed by atoms with Crippen LogP contribution in [0.25, 0.3) is 5.69 Å². The predicted molar refractivity (Wildman–Crippen MR) is 86.8 cm³/mol. The molecule has 0 fully saturated rings. The van der Waals surface area contributed by atoms with Gasteiger partial charge in [0.05, 0.1) is 30.1 Å². The Hall–Kier alpha value is -2.90. The first kappa shape index (κ1) is 16.9. The number of nitrogens with zero attached hydrogens (tertiary/aromatic N) is 3. The SMILES string of the molecule is CCOC(=O)c1ncn2c1CN(C)C(=O)c1cc(OCCF)ccc1-2. The van der Waals surface area contributed by atoms with E-state index in [0.717, 1.165) is 0 Å². The predicted octanol–water partition coefficient (Wildman–Crippen LogP) is 1.98. The minimum absolute atomic E-state index is 0.0772. The van der Waals surface area contributed by atoms with E-state index < -0.39 is 12.6 Å². The minimum atomic E-state index is -0.612. The van der Waals surface area contributed by atoms with E-state index in [2.05, 4.69) is 4.98 Å². The van der Waals surface area contributed by atoms with E-state index >= 15 is 0 Å². The molecular weight excluding hydrogens is 329 g/mol. The fourth-order valence-corrected chi connectivity index (χ4v) is 2.75. The topological polar surface area (TPSA) is 73.7 Å². The minimum Gasteiger partial charge on any atom is -0.491 e. The quantitative estimate of drug-likeness (QED) is 0.773. The number of imidazole rings is 1. The van der Waals surface area contributed by atoms with Gasteiger partial charge in [0.15, 0.2) is 5.69 Å². The number of fused-ring (bicyclic) bond motifs is 3. The van der Waals surface area contributed by atoms with Crippen molar-refractivity contribution in [2.45, 2.75) is 13.5 Å². The number of halogens is 1. The summed E-state index contributed by atoms with van der Waals surface area (Å²) >= 11 is 0. The molecule has 0 unspecified atom stereocenters. The van der Waals surface area contributed by atoms with E-state index in [0.29, 0.717) is 22.7 Å². The number of hydrogen-bond donors (Lipinski definition) is 0. The second-order valence-electron chi connectivity index (χ2n) is 5.51. The van der Waals surface area contributed by atoms with Gasteiger partial charge in [-0.2, -0.15) is 0 Å². The van der Waals surface area contributed by atoms with Crippen molar-refractivity contribution in [2.75, 3.05) is 26.9 Å². The Morgan fingerprint density at radius 3 is 2.92 bits per heavy atom. The summed E-state index contributed by atoms with van der Waals surface area (Å²) < 4.78 is 24.3. The fourth-order valence-electron chi connectivity index (χ4n) is 2.75. The molecule has 0 saturated carbocycles. The largest absolute Gasteiger partial charge is 0.491 e. The van der Waals surface area contributed by atoms with Crippen LogP contribution >= 0.6 is 0 Å². The average molecular weight is 347 g/mol. The van der Waals surface area contributed by atoms with Gasteiger partial charge in [0, 0.05) is 7.05 Å². The van der Waals surface area contributed by atoms with Crippen molar-refractivity contribution in [1.29, 1.82) is 0 Å². The number of hydrogen-bond acceptors (Lipinski definition) is 5. The number of esters is 1. The summed E-state index contributed by atoms with van der Waals surface area (Å²) in [5, 5.41) is 0.